The predicted octanol–water partition coefficient (Wildman–Crippen LogP) is 1.80. The van der Waals surface area contributed by atoms with Crippen LogP contribution in [0.3, 0.4) is 0 Å². The second-order valence-corrected chi connectivity index (χ2v) is 8.79. The molecule has 0 aromatic carbocycles. The van der Waals surface area contributed by atoms with Crippen molar-refractivity contribution in [3.63, 3.8) is 0 Å². The molecule has 2 fully saturated rings. The molecule has 0 bridgehead atoms. The third-order valence-electron chi connectivity index (χ3n) is 6.23. The van der Waals surface area contributed by atoms with E-state index in [4.69, 9.17) is 4.98 Å². The summed E-state index contributed by atoms with van der Waals surface area (Å²) < 4.78 is 1.98. The van der Waals surface area contributed by atoms with E-state index in [-0.39, 0.29) is 5.91 Å². The van der Waals surface area contributed by atoms with Crippen molar-refractivity contribution in [3.05, 3.63) is 36.3 Å². The van der Waals surface area contributed by atoms with Crippen LogP contribution in [0.2, 0.25) is 0 Å². The molecule has 1 amide bonds. The van der Waals surface area contributed by atoms with Gasteiger partial charge >= 0.3 is 0 Å². The monoisotopic (exact) mass is 449 g/mol. The molecule has 0 atom stereocenters. The van der Waals surface area contributed by atoms with Gasteiger partial charge in [0.05, 0.1) is 11.9 Å². The third kappa shape index (κ3) is 4.43. The molecule has 174 valence electrons. The lowest BCUT2D eigenvalue weighted by atomic mass is 10.2. The van der Waals surface area contributed by atoms with E-state index in [1.165, 1.54) is 6.42 Å². The number of nitrogens with zero attached hydrogens (tertiary/aromatic N) is 7. The van der Waals surface area contributed by atoms with E-state index in [1.807, 2.05) is 23.0 Å². The van der Waals surface area contributed by atoms with Crippen LogP contribution in [0.4, 0.5) is 17.5 Å². The fourth-order valence-corrected chi connectivity index (χ4v) is 4.47. The van der Waals surface area contributed by atoms with Gasteiger partial charge in [-0.25, -0.2) is 14.6 Å². The zero-order chi connectivity index (χ0) is 22.8. The summed E-state index contributed by atoms with van der Waals surface area (Å²) in [6.07, 6.45) is 7.08. The molecule has 0 aliphatic carbocycles. The summed E-state index contributed by atoms with van der Waals surface area (Å²) in [6, 6.07) is 5.91. The first-order valence-corrected chi connectivity index (χ1v) is 11.6. The summed E-state index contributed by atoms with van der Waals surface area (Å²) >= 11 is 0. The molecule has 10 nitrogen and oxygen atoms in total. The Morgan fingerprint density at radius 3 is 2.52 bits per heavy atom. The van der Waals surface area contributed by atoms with Crippen LogP contribution in [0.1, 0.15) is 29.8 Å². The molecule has 2 aliphatic rings. The topological polar surface area (TPSA) is 94.5 Å². The highest BCUT2D eigenvalue weighted by atomic mass is 16.2. The number of carbonyl (C=O) groups excluding carboxylic acids is 1. The second-order valence-electron chi connectivity index (χ2n) is 8.79. The highest BCUT2D eigenvalue weighted by Crippen LogP contribution is 2.24. The summed E-state index contributed by atoms with van der Waals surface area (Å²) in [5.41, 5.74) is 2.46. The molecule has 10 heteroatoms. The molecule has 0 unspecified atom stereocenters. The minimum absolute atomic E-state index is 0.0433. The van der Waals surface area contributed by atoms with Gasteiger partial charge in [0.2, 0.25) is 5.95 Å². The molecule has 5 heterocycles. The molecule has 2 N–H and O–H groups in total. The highest BCUT2D eigenvalue weighted by molar-refractivity contribution is 5.98. The maximum atomic E-state index is 12.9. The summed E-state index contributed by atoms with van der Waals surface area (Å²) in [5.74, 6) is 1.11. The van der Waals surface area contributed by atoms with Gasteiger partial charge in [0.1, 0.15) is 11.5 Å². The van der Waals surface area contributed by atoms with Crippen LogP contribution in [-0.2, 0) is 0 Å². The standard InChI is InChI=1S/C23H31N9O/c1-29(2)22(33)19-14-17-15-26-23(28-21(17)32(19)31-10-4-3-5-11-31)27-20-7-6-18(16-25-20)30-12-8-24-9-13-30/h6-7,14-16,24H,3-5,8-13H2,1-2H3,(H,25,26,27,28). The Morgan fingerprint density at radius 2 is 1.82 bits per heavy atom. The van der Waals surface area contributed by atoms with Crippen molar-refractivity contribution in [1.29, 1.82) is 0 Å². The Morgan fingerprint density at radius 1 is 1.03 bits per heavy atom. The van der Waals surface area contributed by atoms with Gasteiger partial charge in [-0.1, -0.05) is 0 Å². The molecule has 0 saturated carbocycles. The van der Waals surface area contributed by atoms with Gasteiger partial charge in [0.25, 0.3) is 5.91 Å². The van der Waals surface area contributed by atoms with Crippen LogP contribution in [0.25, 0.3) is 11.0 Å². The maximum Gasteiger partial charge on any atom is 0.272 e. The van der Waals surface area contributed by atoms with Crippen molar-refractivity contribution in [2.75, 3.05) is 68.6 Å². The number of amides is 1. The van der Waals surface area contributed by atoms with E-state index in [0.717, 1.165) is 68.8 Å². The molecule has 5 rings (SSSR count). The van der Waals surface area contributed by atoms with Crippen LogP contribution in [0.5, 0.6) is 0 Å². The van der Waals surface area contributed by atoms with Crippen molar-refractivity contribution < 1.29 is 4.79 Å². The highest BCUT2D eigenvalue weighted by Gasteiger charge is 2.24. The number of hydrogen-bond donors (Lipinski definition) is 2. The quantitative estimate of drug-likeness (QED) is 0.609. The molecule has 3 aromatic rings. The van der Waals surface area contributed by atoms with Crippen molar-refractivity contribution in [3.8, 4) is 0 Å². The van der Waals surface area contributed by atoms with Crippen LogP contribution in [0.15, 0.2) is 30.6 Å². The van der Waals surface area contributed by atoms with E-state index >= 15 is 0 Å². The number of hydrogen-bond acceptors (Lipinski definition) is 8. The average Bonchev–Trinajstić information content (AvgIpc) is 3.24. The molecule has 3 aromatic heterocycles. The van der Waals surface area contributed by atoms with Crippen LogP contribution >= 0.6 is 0 Å². The van der Waals surface area contributed by atoms with Crippen molar-refractivity contribution >= 4 is 34.4 Å². The van der Waals surface area contributed by atoms with Gasteiger partial charge in [0.15, 0.2) is 5.65 Å². The Balaban J connectivity index is 1.44. The Labute approximate surface area is 193 Å². The molecule has 0 radical (unpaired) electrons. The number of piperidine rings is 1. The number of aromatic nitrogens is 4. The summed E-state index contributed by atoms with van der Waals surface area (Å²) in [7, 11) is 3.55. The molecule has 33 heavy (non-hydrogen) atoms. The molecular formula is C23H31N9O. The lowest BCUT2D eigenvalue weighted by Crippen LogP contribution is -2.43. The Kier molecular flexibility index (Phi) is 5.99. The minimum atomic E-state index is -0.0433. The van der Waals surface area contributed by atoms with Crippen molar-refractivity contribution in [2.45, 2.75) is 19.3 Å². The first-order valence-electron chi connectivity index (χ1n) is 11.6. The number of pyridine rings is 1. The fraction of sp³-hybridized carbons (Fsp3) is 0.478. The summed E-state index contributed by atoms with van der Waals surface area (Å²) in [4.78, 5) is 30.7. The number of nitrogens with one attached hydrogen (secondary N) is 2. The van der Waals surface area contributed by atoms with Gasteiger partial charge in [-0.2, -0.15) is 4.98 Å². The van der Waals surface area contributed by atoms with E-state index in [9.17, 15) is 4.79 Å². The zero-order valence-corrected chi connectivity index (χ0v) is 19.3. The van der Waals surface area contributed by atoms with Gasteiger partial charge in [0, 0.05) is 64.9 Å². The number of piperazine rings is 1. The Bertz CT molecular complexity index is 1110. The van der Waals surface area contributed by atoms with E-state index < -0.39 is 0 Å². The minimum Gasteiger partial charge on any atom is -0.368 e. The van der Waals surface area contributed by atoms with Gasteiger partial charge in [-0.15, -0.1) is 0 Å². The van der Waals surface area contributed by atoms with Crippen molar-refractivity contribution in [2.24, 2.45) is 0 Å². The second kappa shape index (κ2) is 9.22. The third-order valence-corrected chi connectivity index (χ3v) is 6.23. The lowest BCUT2D eigenvalue weighted by molar-refractivity contribution is 0.0816. The Hall–Kier alpha value is -3.40. The van der Waals surface area contributed by atoms with Crippen molar-refractivity contribution in [1.82, 2.24) is 29.8 Å². The number of carbonyl (C=O) groups is 1. The van der Waals surface area contributed by atoms with Gasteiger partial charge in [-0.05, 0) is 37.5 Å². The van der Waals surface area contributed by atoms with Crippen LogP contribution in [-0.4, -0.2) is 83.8 Å². The lowest BCUT2D eigenvalue weighted by Gasteiger charge is -2.31. The predicted molar refractivity (Wildman–Crippen MR) is 130 cm³/mol. The van der Waals surface area contributed by atoms with Gasteiger partial charge in [-0.3, -0.25) is 4.79 Å². The van der Waals surface area contributed by atoms with Crippen LogP contribution < -0.4 is 20.5 Å². The molecule has 2 saturated heterocycles. The SMILES string of the molecule is CN(C)C(=O)c1cc2cnc(Nc3ccc(N4CCNCC4)cn3)nc2n1N1CCCCC1. The van der Waals surface area contributed by atoms with Gasteiger partial charge < -0.3 is 25.4 Å². The maximum absolute atomic E-state index is 12.9. The molecule has 0 spiro atoms. The van der Waals surface area contributed by atoms with E-state index in [1.54, 1.807) is 25.2 Å². The fourth-order valence-electron chi connectivity index (χ4n) is 4.47. The molecule has 2 aliphatic heterocycles. The first kappa shape index (κ1) is 21.4. The smallest absolute Gasteiger partial charge is 0.272 e. The summed E-state index contributed by atoms with van der Waals surface area (Å²) in [5, 5.41) is 9.66. The van der Waals surface area contributed by atoms with Crippen LogP contribution in [0, 0.1) is 0 Å². The first-order chi connectivity index (χ1) is 16.1. The normalized spacial score (nSPS) is 16.8. The number of fused-ring (bicyclic) bond motifs is 1. The largest absolute Gasteiger partial charge is 0.368 e. The number of rotatable bonds is 5. The zero-order valence-electron chi connectivity index (χ0n) is 19.3. The van der Waals surface area contributed by atoms with E-state index in [2.05, 4.69) is 36.6 Å². The average molecular weight is 450 g/mol. The molecular weight excluding hydrogens is 418 g/mol. The van der Waals surface area contributed by atoms with E-state index in [0.29, 0.717) is 17.5 Å². The summed E-state index contributed by atoms with van der Waals surface area (Å²) in [6.45, 7) is 5.75. The number of anilines is 3.